The molecule has 0 aromatic carbocycles. The normalized spacial score (nSPS) is 23.5. The van der Waals surface area contributed by atoms with Crippen molar-refractivity contribution in [2.45, 2.75) is 38.3 Å². The standard InChI is InChI=1S/C9H19NO/c1-10-9(11-2)8-6-4-3-5-7-8/h8-10H,3-7H2,1-2H3. The lowest BCUT2D eigenvalue weighted by Gasteiger charge is -2.28. The molecular formula is C9H19NO. The van der Waals surface area contributed by atoms with Crippen LogP contribution in [-0.2, 0) is 4.74 Å². The van der Waals surface area contributed by atoms with E-state index < -0.39 is 0 Å². The first-order chi connectivity index (χ1) is 5.38. The monoisotopic (exact) mass is 157 g/mol. The zero-order valence-electron chi connectivity index (χ0n) is 7.60. The van der Waals surface area contributed by atoms with Gasteiger partial charge in [0.1, 0.15) is 6.23 Å². The minimum atomic E-state index is 0.287. The van der Waals surface area contributed by atoms with E-state index in [0.29, 0.717) is 0 Å². The van der Waals surface area contributed by atoms with Gasteiger partial charge in [0.2, 0.25) is 0 Å². The molecule has 1 fully saturated rings. The van der Waals surface area contributed by atoms with Gasteiger partial charge < -0.3 is 4.74 Å². The predicted octanol–water partition coefficient (Wildman–Crippen LogP) is 1.76. The average Bonchev–Trinajstić information content (AvgIpc) is 2.09. The van der Waals surface area contributed by atoms with Gasteiger partial charge in [0.05, 0.1) is 0 Å². The Bertz CT molecular complexity index is 95.7. The molecule has 11 heavy (non-hydrogen) atoms. The molecule has 0 aromatic heterocycles. The molecule has 1 N–H and O–H groups in total. The van der Waals surface area contributed by atoms with Crippen LogP contribution in [0.4, 0.5) is 0 Å². The Morgan fingerprint density at radius 3 is 2.36 bits per heavy atom. The van der Waals surface area contributed by atoms with E-state index in [2.05, 4.69) is 5.32 Å². The third-order valence-corrected chi connectivity index (χ3v) is 2.62. The van der Waals surface area contributed by atoms with Crippen molar-refractivity contribution in [2.75, 3.05) is 14.2 Å². The Kier molecular flexibility index (Phi) is 3.87. The third-order valence-electron chi connectivity index (χ3n) is 2.62. The lowest BCUT2D eigenvalue weighted by atomic mass is 9.88. The average molecular weight is 157 g/mol. The van der Waals surface area contributed by atoms with Crippen LogP contribution in [0, 0.1) is 5.92 Å². The van der Waals surface area contributed by atoms with Gasteiger partial charge in [-0.05, 0) is 25.8 Å². The van der Waals surface area contributed by atoms with Crippen LogP contribution < -0.4 is 5.32 Å². The summed E-state index contributed by atoms with van der Waals surface area (Å²) in [5.74, 6) is 0.749. The molecule has 0 saturated heterocycles. The number of hydrogen-bond donors (Lipinski definition) is 1. The Morgan fingerprint density at radius 1 is 1.27 bits per heavy atom. The second-order valence-corrected chi connectivity index (χ2v) is 3.34. The van der Waals surface area contributed by atoms with E-state index in [0.717, 1.165) is 5.92 Å². The maximum Gasteiger partial charge on any atom is 0.110 e. The number of ether oxygens (including phenoxy) is 1. The highest BCUT2D eigenvalue weighted by Gasteiger charge is 2.21. The molecule has 0 aliphatic heterocycles. The fourth-order valence-electron chi connectivity index (χ4n) is 1.98. The van der Waals surface area contributed by atoms with Gasteiger partial charge in [-0.1, -0.05) is 19.3 Å². The molecule has 1 rings (SSSR count). The summed E-state index contributed by atoms with van der Waals surface area (Å²) in [6.45, 7) is 0. The first kappa shape index (κ1) is 9.01. The van der Waals surface area contributed by atoms with E-state index in [4.69, 9.17) is 4.74 Å². The van der Waals surface area contributed by atoms with Crippen molar-refractivity contribution in [3.8, 4) is 0 Å². The van der Waals surface area contributed by atoms with E-state index in [1.54, 1.807) is 7.11 Å². The van der Waals surface area contributed by atoms with Crippen molar-refractivity contribution in [3.63, 3.8) is 0 Å². The van der Waals surface area contributed by atoms with Crippen molar-refractivity contribution < 1.29 is 4.74 Å². The molecule has 1 unspecified atom stereocenters. The first-order valence-corrected chi connectivity index (χ1v) is 4.58. The molecule has 0 amide bonds. The number of methoxy groups -OCH3 is 1. The Morgan fingerprint density at radius 2 is 1.91 bits per heavy atom. The van der Waals surface area contributed by atoms with Crippen LogP contribution in [0.2, 0.25) is 0 Å². The highest BCUT2D eigenvalue weighted by atomic mass is 16.5. The first-order valence-electron chi connectivity index (χ1n) is 4.58. The molecule has 1 saturated carbocycles. The number of nitrogens with one attached hydrogen (secondary N) is 1. The third kappa shape index (κ3) is 2.46. The van der Waals surface area contributed by atoms with E-state index in [-0.39, 0.29) is 6.23 Å². The summed E-state index contributed by atoms with van der Waals surface area (Å²) in [6, 6.07) is 0. The van der Waals surface area contributed by atoms with Gasteiger partial charge >= 0.3 is 0 Å². The van der Waals surface area contributed by atoms with Crippen LogP contribution >= 0.6 is 0 Å². The van der Waals surface area contributed by atoms with Gasteiger partial charge in [-0.2, -0.15) is 0 Å². The van der Waals surface area contributed by atoms with Crippen molar-refractivity contribution in [3.05, 3.63) is 0 Å². The molecule has 1 atom stereocenters. The smallest absolute Gasteiger partial charge is 0.110 e. The molecule has 0 heterocycles. The summed E-state index contributed by atoms with van der Waals surface area (Å²) < 4.78 is 5.33. The molecule has 1 aliphatic rings. The fraction of sp³-hybridized carbons (Fsp3) is 1.00. The topological polar surface area (TPSA) is 21.3 Å². The van der Waals surface area contributed by atoms with Gasteiger partial charge in [-0.15, -0.1) is 0 Å². The SMILES string of the molecule is CNC(OC)C1CCCCC1. The Hall–Kier alpha value is -0.0800. The predicted molar refractivity (Wildman–Crippen MR) is 46.4 cm³/mol. The summed E-state index contributed by atoms with van der Waals surface area (Å²) in [5.41, 5.74) is 0. The number of rotatable bonds is 3. The van der Waals surface area contributed by atoms with Gasteiger partial charge in [-0.3, -0.25) is 5.32 Å². The van der Waals surface area contributed by atoms with E-state index in [1.807, 2.05) is 7.05 Å². The fourth-order valence-corrected chi connectivity index (χ4v) is 1.98. The molecule has 0 bridgehead atoms. The number of hydrogen-bond acceptors (Lipinski definition) is 2. The largest absolute Gasteiger partial charge is 0.366 e. The zero-order valence-corrected chi connectivity index (χ0v) is 7.60. The Balaban J connectivity index is 2.30. The highest BCUT2D eigenvalue weighted by Crippen LogP contribution is 2.26. The Labute approximate surface area is 69.3 Å². The second-order valence-electron chi connectivity index (χ2n) is 3.34. The zero-order chi connectivity index (χ0) is 8.10. The molecule has 2 nitrogen and oxygen atoms in total. The molecular weight excluding hydrogens is 138 g/mol. The van der Waals surface area contributed by atoms with Crippen molar-refractivity contribution in [1.82, 2.24) is 5.32 Å². The second kappa shape index (κ2) is 4.73. The highest BCUT2D eigenvalue weighted by molar-refractivity contribution is 4.71. The van der Waals surface area contributed by atoms with E-state index in [9.17, 15) is 0 Å². The van der Waals surface area contributed by atoms with Crippen LogP contribution in [0.1, 0.15) is 32.1 Å². The van der Waals surface area contributed by atoms with Gasteiger partial charge in [0.25, 0.3) is 0 Å². The van der Waals surface area contributed by atoms with Gasteiger partial charge in [0.15, 0.2) is 0 Å². The summed E-state index contributed by atoms with van der Waals surface area (Å²) in [4.78, 5) is 0. The maximum absolute atomic E-state index is 5.33. The van der Waals surface area contributed by atoms with E-state index in [1.165, 1.54) is 32.1 Å². The van der Waals surface area contributed by atoms with Crippen LogP contribution in [0.25, 0.3) is 0 Å². The van der Waals surface area contributed by atoms with Gasteiger partial charge in [-0.25, -0.2) is 0 Å². The minimum absolute atomic E-state index is 0.287. The van der Waals surface area contributed by atoms with Crippen molar-refractivity contribution >= 4 is 0 Å². The minimum Gasteiger partial charge on any atom is -0.366 e. The molecule has 0 radical (unpaired) electrons. The van der Waals surface area contributed by atoms with Crippen LogP contribution in [-0.4, -0.2) is 20.4 Å². The molecule has 0 spiro atoms. The van der Waals surface area contributed by atoms with E-state index >= 15 is 0 Å². The lowest BCUT2D eigenvalue weighted by Crippen LogP contribution is -2.36. The molecule has 2 heteroatoms. The van der Waals surface area contributed by atoms with Gasteiger partial charge in [0, 0.05) is 7.11 Å². The van der Waals surface area contributed by atoms with Crippen LogP contribution in [0.5, 0.6) is 0 Å². The van der Waals surface area contributed by atoms with Crippen LogP contribution in [0.3, 0.4) is 0 Å². The summed E-state index contributed by atoms with van der Waals surface area (Å²) >= 11 is 0. The molecule has 66 valence electrons. The molecule has 1 aliphatic carbocycles. The summed E-state index contributed by atoms with van der Waals surface area (Å²) in [5, 5.41) is 3.20. The van der Waals surface area contributed by atoms with Crippen molar-refractivity contribution in [2.24, 2.45) is 5.92 Å². The van der Waals surface area contributed by atoms with Crippen molar-refractivity contribution in [1.29, 1.82) is 0 Å². The lowest BCUT2D eigenvalue weighted by molar-refractivity contribution is 0.0171. The quantitative estimate of drug-likeness (QED) is 0.630. The maximum atomic E-state index is 5.33. The van der Waals surface area contributed by atoms with Crippen LogP contribution in [0.15, 0.2) is 0 Å². The summed E-state index contributed by atoms with van der Waals surface area (Å²) in [7, 11) is 3.76. The summed E-state index contributed by atoms with van der Waals surface area (Å²) in [6.07, 6.45) is 7.13. The molecule has 0 aromatic rings.